The van der Waals surface area contributed by atoms with Crippen molar-refractivity contribution in [2.75, 3.05) is 0 Å². The molecule has 0 heterocycles. The topological polar surface area (TPSA) is 0 Å². The Labute approximate surface area is 279 Å². The SMILES string of the molecule is c1cc(-c2ccc3ccccc3c2)cc(-c2cc3c4ccccc4c4cc(-c5cccc6ccccc56)ccc4c3c3ccccc23)c1. The van der Waals surface area contributed by atoms with Crippen molar-refractivity contribution in [2.24, 2.45) is 0 Å². The molecule has 0 nitrogen and oxygen atoms in total. The van der Waals surface area contributed by atoms with Crippen molar-refractivity contribution >= 4 is 64.6 Å². The molecule has 0 bridgehead atoms. The Balaban J connectivity index is 1.24. The van der Waals surface area contributed by atoms with E-state index in [1.807, 2.05) is 0 Å². The highest BCUT2D eigenvalue weighted by molar-refractivity contribution is 6.33. The highest BCUT2D eigenvalue weighted by Gasteiger charge is 2.16. The van der Waals surface area contributed by atoms with Crippen LogP contribution in [0, 0.1) is 0 Å². The lowest BCUT2D eigenvalue weighted by Gasteiger charge is -2.17. The van der Waals surface area contributed by atoms with E-state index in [2.05, 4.69) is 182 Å². The van der Waals surface area contributed by atoms with Crippen LogP contribution >= 0.6 is 0 Å². The first kappa shape index (κ1) is 26.9. The van der Waals surface area contributed by atoms with Crippen LogP contribution in [-0.4, -0.2) is 0 Å². The standard InChI is InChI=1S/C48H30/c1-2-13-33-27-35(24-23-31(33)11-1)34-15-9-16-36(28-34)45-30-47-41-19-6-5-18-40(41)46-29-37(39-22-10-14-32-12-3-4-17-38(32)39)25-26-44(46)48(47)43-21-8-7-20-42(43)45/h1-30H. The number of benzene rings is 10. The molecule has 0 aliphatic carbocycles. The second-order valence-corrected chi connectivity index (χ2v) is 12.9. The van der Waals surface area contributed by atoms with Crippen LogP contribution in [0.5, 0.6) is 0 Å². The van der Waals surface area contributed by atoms with Crippen LogP contribution in [0.1, 0.15) is 0 Å². The molecule has 0 unspecified atom stereocenters. The number of hydrogen-bond acceptors (Lipinski definition) is 0. The summed E-state index contributed by atoms with van der Waals surface area (Å²) in [6.45, 7) is 0. The minimum atomic E-state index is 1.23. The molecule has 0 saturated carbocycles. The quantitative estimate of drug-likeness (QED) is 0.176. The number of fused-ring (bicyclic) bond motifs is 10. The van der Waals surface area contributed by atoms with Crippen molar-refractivity contribution in [3.8, 4) is 33.4 Å². The van der Waals surface area contributed by atoms with Gasteiger partial charge in [0, 0.05) is 0 Å². The molecule has 0 aliphatic heterocycles. The first-order valence-electron chi connectivity index (χ1n) is 16.7. The Morgan fingerprint density at radius 1 is 0.208 bits per heavy atom. The molecule has 10 aromatic rings. The Morgan fingerprint density at radius 2 is 0.771 bits per heavy atom. The molecular formula is C48H30. The zero-order valence-electron chi connectivity index (χ0n) is 26.3. The molecule has 0 radical (unpaired) electrons. The normalized spacial score (nSPS) is 11.8. The summed E-state index contributed by atoms with van der Waals surface area (Å²) in [5, 5.41) is 15.4. The molecular weight excluding hydrogens is 577 g/mol. The Bertz CT molecular complexity index is 2890. The lowest BCUT2D eigenvalue weighted by atomic mass is 9.86. The highest BCUT2D eigenvalue weighted by atomic mass is 14.2. The van der Waals surface area contributed by atoms with Crippen LogP contribution in [-0.2, 0) is 0 Å². The first-order valence-corrected chi connectivity index (χ1v) is 16.7. The largest absolute Gasteiger partial charge is 0.0616 e. The van der Waals surface area contributed by atoms with E-state index >= 15 is 0 Å². The molecule has 0 saturated heterocycles. The minimum Gasteiger partial charge on any atom is -0.0616 e. The maximum Gasteiger partial charge on any atom is -0.00199 e. The average molecular weight is 607 g/mol. The van der Waals surface area contributed by atoms with E-state index in [1.165, 1.54) is 98.0 Å². The molecule has 0 heteroatoms. The van der Waals surface area contributed by atoms with E-state index in [0.29, 0.717) is 0 Å². The zero-order valence-corrected chi connectivity index (χ0v) is 26.3. The van der Waals surface area contributed by atoms with Crippen molar-refractivity contribution in [3.63, 3.8) is 0 Å². The van der Waals surface area contributed by atoms with E-state index in [0.717, 1.165) is 0 Å². The summed E-state index contributed by atoms with van der Waals surface area (Å²) >= 11 is 0. The van der Waals surface area contributed by atoms with Gasteiger partial charge in [-0.2, -0.15) is 0 Å². The molecule has 0 N–H and O–H groups in total. The summed E-state index contributed by atoms with van der Waals surface area (Å²) in [5.74, 6) is 0. The maximum absolute atomic E-state index is 2.44. The fourth-order valence-corrected chi connectivity index (χ4v) is 7.93. The molecule has 48 heavy (non-hydrogen) atoms. The summed E-state index contributed by atoms with van der Waals surface area (Å²) in [5.41, 5.74) is 7.47. The first-order chi connectivity index (χ1) is 23.8. The summed E-state index contributed by atoms with van der Waals surface area (Å²) < 4.78 is 0. The minimum absolute atomic E-state index is 1.23. The van der Waals surface area contributed by atoms with E-state index in [1.54, 1.807) is 0 Å². The maximum atomic E-state index is 2.44. The van der Waals surface area contributed by atoms with Gasteiger partial charge >= 0.3 is 0 Å². The van der Waals surface area contributed by atoms with Crippen LogP contribution in [0.2, 0.25) is 0 Å². The van der Waals surface area contributed by atoms with Crippen LogP contribution in [0.4, 0.5) is 0 Å². The average Bonchev–Trinajstić information content (AvgIpc) is 3.17. The van der Waals surface area contributed by atoms with Gasteiger partial charge in [0.05, 0.1) is 0 Å². The fraction of sp³-hybridized carbons (Fsp3) is 0. The smallest absolute Gasteiger partial charge is 0.00199 e. The van der Waals surface area contributed by atoms with Gasteiger partial charge < -0.3 is 0 Å². The summed E-state index contributed by atoms with van der Waals surface area (Å²) in [6.07, 6.45) is 0. The van der Waals surface area contributed by atoms with Gasteiger partial charge in [-0.1, -0.05) is 158 Å². The van der Waals surface area contributed by atoms with Crippen LogP contribution in [0.3, 0.4) is 0 Å². The molecule has 0 amide bonds. The second kappa shape index (κ2) is 10.7. The predicted molar refractivity (Wildman–Crippen MR) is 208 cm³/mol. The van der Waals surface area contributed by atoms with Crippen molar-refractivity contribution in [1.82, 2.24) is 0 Å². The summed E-state index contributed by atoms with van der Waals surface area (Å²) in [4.78, 5) is 0. The second-order valence-electron chi connectivity index (χ2n) is 12.9. The molecule has 222 valence electrons. The van der Waals surface area contributed by atoms with Gasteiger partial charge in [0.25, 0.3) is 0 Å². The molecule has 10 rings (SSSR count). The van der Waals surface area contributed by atoms with Crippen LogP contribution < -0.4 is 0 Å². The van der Waals surface area contributed by atoms with Crippen LogP contribution in [0.25, 0.3) is 98.0 Å². The molecule has 0 aliphatic rings. The predicted octanol–water partition coefficient (Wildman–Crippen LogP) is 13.6. The van der Waals surface area contributed by atoms with Crippen LogP contribution in [0.15, 0.2) is 182 Å². The number of hydrogen-bond donors (Lipinski definition) is 0. The van der Waals surface area contributed by atoms with Gasteiger partial charge in [0.1, 0.15) is 0 Å². The molecule has 10 aromatic carbocycles. The molecule has 0 spiro atoms. The van der Waals surface area contributed by atoms with E-state index in [-0.39, 0.29) is 0 Å². The zero-order chi connectivity index (χ0) is 31.6. The van der Waals surface area contributed by atoms with Gasteiger partial charge in [-0.15, -0.1) is 0 Å². The number of rotatable bonds is 3. The van der Waals surface area contributed by atoms with E-state index in [9.17, 15) is 0 Å². The lowest BCUT2D eigenvalue weighted by molar-refractivity contribution is 1.63. The van der Waals surface area contributed by atoms with Gasteiger partial charge in [-0.25, -0.2) is 0 Å². The van der Waals surface area contributed by atoms with Crippen molar-refractivity contribution in [2.45, 2.75) is 0 Å². The van der Waals surface area contributed by atoms with Gasteiger partial charge in [0.15, 0.2) is 0 Å². The highest BCUT2D eigenvalue weighted by Crippen LogP contribution is 2.44. The van der Waals surface area contributed by atoms with Crippen molar-refractivity contribution < 1.29 is 0 Å². The summed E-state index contributed by atoms with van der Waals surface area (Å²) in [6, 6.07) is 67.1. The van der Waals surface area contributed by atoms with E-state index in [4.69, 9.17) is 0 Å². The van der Waals surface area contributed by atoms with Crippen molar-refractivity contribution in [1.29, 1.82) is 0 Å². The lowest BCUT2D eigenvalue weighted by Crippen LogP contribution is -1.90. The molecule has 0 fully saturated rings. The van der Waals surface area contributed by atoms with E-state index < -0.39 is 0 Å². The van der Waals surface area contributed by atoms with Crippen molar-refractivity contribution in [3.05, 3.63) is 182 Å². The molecule has 0 atom stereocenters. The Hall–Kier alpha value is -6.24. The summed E-state index contributed by atoms with van der Waals surface area (Å²) in [7, 11) is 0. The van der Waals surface area contributed by atoms with Gasteiger partial charge in [0.2, 0.25) is 0 Å². The van der Waals surface area contributed by atoms with Gasteiger partial charge in [-0.05, 0) is 122 Å². The molecule has 0 aromatic heterocycles. The van der Waals surface area contributed by atoms with Gasteiger partial charge in [-0.3, -0.25) is 0 Å². The fourth-order valence-electron chi connectivity index (χ4n) is 7.93. The third-order valence-corrected chi connectivity index (χ3v) is 10.2. The monoisotopic (exact) mass is 606 g/mol. The Kier molecular flexibility index (Phi) is 5.98. The third kappa shape index (κ3) is 4.16. The Morgan fingerprint density at radius 3 is 1.62 bits per heavy atom. The third-order valence-electron chi connectivity index (χ3n) is 10.2.